The molecule has 4 nitrogen and oxygen atoms in total. The first-order valence-corrected chi connectivity index (χ1v) is 7.85. The zero-order chi connectivity index (χ0) is 13.7. The van der Waals surface area contributed by atoms with Crippen LogP contribution in [0.25, 0.3) is 0 Å². The summed E-state index contributed by atoms with van der Waals surface area (Å²) in [5.41, 5.74) is 5.85. The maximum Gasteiger partial charge on any atom is 0.222 e. The molecule has 2 N–H and O–H groups in total. The lowest BCUT2D eigenvalue weighted by atomic mass is 9.88. The van der Waals surface area contributed by atoms with Crippen LogP contribution in [0.15, 0.2) is 0 Å². The molecule has 0 spiro atoms. The van der Waals surface area contributed by atoms with E-state index in [0.717, 1.165) is 51.2 Å². The molecule has 0 aromatic rings. The van der Waals surface area contributed by atoms with Crippen LogP contribution >= 0.6 is 0 Å². The van der Waals surface area contributed by atoms with Gasteiger partial charge >= 0.3 is 0 Å². The number of carbonyl (C=O) groups is 1. The number of nitrogens with zero attached hydrogens (tertiary/aromatic N) is 1. The van der Waals surface area contributed by atoms with Gasteiger partial charge in [-0.15, -0.1) is 0 Å². The average molecular weight is 268 g/mol. The SMILES string of the molecule is CCC1CCN(C(=O)CCC2CCCO2)C(CN)C1. The van der Waals surface area contributed by atoms with E-state index in [-0.39, 0.29) is 11.9 Å². The summed E-state index contributed by atoms with van der Waals surface area (Å²) in [6, 6.07) is 0.260. The summed E-state index contributed by atoms with van der Waals surface area (Å²) >= 11 is 0. The normalized spacial score (nSPS) is 31.7. The predicted octanol–water partition coefficient (Wildman–Crippen LogP) is 1.92. The van der Waals surface area contributed by atoms with E-state index < -0.39 is 0 Å². The quantitative estimate of drug-likeness (QED) is 0.829. The van der Waals surface area contributed by atoms with Crippen LogP contribution in [-0.2, 0) is 9.53 Å². The van der Waals surface area contributed by atoms with E-state index >= 15 is 0 Å². The number of piperidine rings is 1. The fourth-order valence-corrected chi connectivity index (χ4v) is 3.36. The van der Waals surface area contributed by atoms with Crippen molar-refractivity contribution in [3.05, 3.63) is 0 Å². The van der Waals surface area contributed by atoms with Gasteiger partial charge < -0.3 is 15.4 Å². The molecule has 2 saturated heterocycles. The number of likely N-dealkylation sites (tertiary alicyclic amines) is 1. The monoisotopic (exact) mass is 268 g/mol. The maximum absolute atomic E-state index is 12.3. The summed E-state index contributed by atoms with van der Waals surface area (Å²) in [5.74, 6) is 1.02. The Morgan fingerprint density at radius 2 is 2.26 bits per heavy atom. The van der Waals surface area contributed by atoms with E-state index in [1.54, 1.807) is 0 Å². The second-order valence-electron chi connectivity index (χ2n) is 5.95. The molecule has 0 aromatic heterocycles. The average Bonchev–Trinajstić information content (AvgIpc) is 2.97. The molecule has 19 heavy (non-hydrogen) atoms. The van der Waals surface area contributed by atoms with Gasteiger partial charge in [0, 0.05) is 32.2 Å². The number of amides is 1. The third kappa shape index (κ3) is 3.93. The lowest BCUT2D eigenvalue weighted by molar-refractivity contribution is -0.136. The maximum atomic E-state index is 12.3. The van der Waals surface area contributed by atoms with E-state index in [1.807, 2.05) is 4.90 Å². The highest BCUT2D eigenvalue weighted by Gasteiger charge is 2.30. The number of hydrogen-bond acceptors (Lipinski definition) is 3. The third-order valence-corrected chi connectivity index (χ3v) is 4.70. The highest BCUT2D eigenvalue weighted by Crippen LogP contribution is 2.26. The lowest BCUT2D eigenvalue weighted by Crippen LogP contribution is -2.49. The Kier molecular flexibility index (Phi) is 5.64. The smallest absolute Gasteiger partial charge is 0.222 e. The van der Waals surface area contributed by atoms with E-state index in [2.05, 4.69) is 6.92 Å². The molecule has 0 aromatic carbocycles. The van der Waals surface area contributed by atoms with Crippen molar-refractivity contribution < 1.29 is 9.53 Å². The van der Waals surface area contributed by atoms with Crippen molar-refractivity contribution in [1.29, 1.82) is 0 Å². The van der Waals surface area contributed by atoms with Gasteiger partial charge in [0.15, 0.2) is 0 Å². The summed E-state index contributed by atoms with van der Waals surface area (Å²) in [5, 5.41) is 0. The Balaban J connectivity index is 1.79. The molecule has 3 unspecified atom stereocenters. The Morgan fingerprint density at radius 1 is 1.42 bits per heavy atom. The molecule has 4 heteroatoms. The van der Waals surface area contributed by atoms with E-state index in [1.165, 1.54) is 6.42 Å². The molecular weight excluding hydrogens is 240 g/mol. The molecule has 2 rings (SSSR count). The summed E-state index contributed by atoms with van der Waals surface area (Å²) in [4.78, 5) is 14.4. The number of nitrogens with two attached hydrogens (primary N) is 1. The molecule has 0 saturated carbocycles. The second kappa shape index (κ2) is 7.25. The van der Waals surface area contributed by atoms with Crippen molar-refractivity contribution >= 4 is 5.91 Å². The Morgan fingerprint density at radius 3 is 2.89 bits per heavy atom. The lowest BCUT2D eigenvalue weighted by Gasteiger charge is -2.39. The minimum absolute atomic E-state index is 0.260. The first kappa shape index (κ1) is 14.8. The number of hydrogen-bond donors (Lipinski definition) is 1. The van der Waals surface area contributed by atoms with Gasteiger partial charge in [0.2, 0.25) is 5.91 Å². The molecule has 110 valence electrons. The highest BCUT2D eigenvalue weighted by molar-refractivity contribution is 5.76. The van der Waals surface area contributed by atoms with Gasteiger partial charge in [-0.1, -0.05) is 13.3 Å². The molecule has 0 bridgehead atoms. The molecule has 2 aliphatic rings. The van der Waals surface area contributed by atoms with Crippen molar-refractivity contribution in [3.8, 4) is 0 Å². The van der Waals surface area contributed by atoms with Gasteiger partial charge in [-0.3, -0.25) is 4.79 Å². The Labute approximate surface area is 116 Å². The van der Waals surface area contributed by atoms with Crippen molar-refractivity contribution in [1.82, 2.24) is 4.90 Å². The predicted molar refractivity (Wildman–Crippen MR) is 75.8 cm³/mol. The largest absolute Gasteiger partial charge is 0.378 e. The molecule has 2 aliphatic heterocycles. The van der Waals surface area contributed by atoms with Crippen LogP contribution in [0.3, 0.4) is 0 Å². The standard InChI is InChI=1S/C15H28N2O2/c1-2-12-7-8-17(13(10-12)11-16)15(18)6-5-14-4-3-9-19-14/h12-14H,2-11,16H2,1H3. The fraction of sp³-hybridized carbons (Fsp3) is 0.933. The van der Waals surface area contributed by atoms with Crippen molar-refractivity contribution in [2.45, 2.75) is 64.0 Å². The molecule has 1 amide bonds. The minimum atomic E-state index is 0.260. The fourth-order valence-electron chi connectivity index (χ4n) is 3.36. The number of carbonyl (C=O) groups excluding carboxylic acids is 1. The molecule has 0 radical (unpaired) electrons. The van der Waals surface area contributed by atoms with Gasteiger partial charge in [0.25, 0.3) is 0 Å². The summed E-state index contributed by atoms with van der Waals surface area (Å²) < 4.78 is 5.58. The van der Waals surface area contributed by atoms with E-state index in [9.17, 15) is 4.79 Å². The zero-order valence-corrected chi connectivity index (χ0v) is 12.1. The molecular formula is C15H28N2O2. The summed E-state index contributed by atoms with van der Waals surface area (Å²) in [6.07, 6.45) is 7.50. The van der Waals surface area contributed by atoms with E-state index in [0.29, 0.717) is 19.1 Å². The Hall–Kier alpha value is -0.610. The van der Waals surface area contributed by atoms with Crippen LogP contribution in [-0.4, -0.2) is 42.6 Å². The van der Waals surface area contributed by atoms with Crippen LogP contribution in [0.5, 0.6) is 0 Å². The van der Waals surface area contributed by atoms with Crippen molar-refractivity contribution in [2.24, 2.45) is 11.7 Å². The van der Waals surface area contributed by atoms with Crippen LogP contribution in [0.1, 0.15) is 51.9 Å². The second-order valence-corrected chi connectivity index (χ2v) is 5.95. The summed E-state index contributed by atoms with van der Waals surface area (Å²) in [7, 11) is 0. The summed E-state index contributed by atoms with van der Waals surface area (Å²) in [6.45, 7) is 4.59. The van der Waals surface area contributed by atoms with Crippen LogP contribution in [0, 0.1) is 5.92 Å². The molecule has 0 aliphatic carbocycles. The van der Waals surface area contributed by atoms with Crippen molar-refractivity contribution in [3.63, 3.8) is 0 Å². The first-order chi connectivity index (χ1) is 9.24. The van der Waals surface area contributed by atoms with Gasteiger partial charge in [-0.05, 0) is 38.0 Å². The van der Waals surface area contributed by atoms with Crippen LogP contribution < -0.4 is 5.73 Å². The molecule has 2 heterocycles. The van der Waals surface area contributed by atoms with Crippen LogP contribution in [0.2, 0.25) is 0 Å². The highest BCUT2D eigenvalue weighted by atomic mass is 16.5. The van der Waals surface area contributed by atoms with Gasteiger partial charge in [-0.25, -0.2) is 0 Å². The first-order valence-electron chi connectivity index (χ1n) is 7.85. The topological polar surface area (TPSA) is 55.6 Å². The Bertz CT molecular complexity index is 290. The molecule has 2 fully saturated rings. The molecule has 3 atom stereocenters. The van der Waals surface area contributed by atoms with Gasteiger partial charge in [0.05, 0.1) is 6.10 Å². The minimum Gasteiger partial charge on any atom is -0.378 e. The number of rotatable bonds is 5. The number of ether oxygens (including phenoxy) is 1. The third-order valence-electron chi connectivity index (χ3n) is 4.70. The zero-order valence-electron chi connectivity index (χ0n) is 12.1. The van der Waals surface area contributed by atoms with Crippen LogP contribution in [0.4, 0.5) is 0 Å². The van der Waals surface area contributed by atoms with Gasteiger partial charge in [-0.2, -0.15) is 0 Å². The van der Waals surface area contributed by atoms with Gasteiger partial charge in [0.1, 0.15) is 0 Å². The van der Waals surface area contributed by atoms with E-state index in [4.69, 9.17) is 10.5 Å². The van der Waals surface area contributed by atoms with Crippen molar-refractivity contribution in [2.75, 3.05) is 19.7 Å².